The predicted octanol–water partition coefficient (Wildman–Crippen LogP) is -1.53. The van der Waals surface area contributed by atoms with Crippen LogP contribution >= 0.6 is 30.2 Å². The summed E-state index contributed by atoms with van der Waals surface area (Å²) in [5.74, 6) is 0. The van der Waals surface area contributed by atoms with Crippen LogP contribution in [0.3, 0.4) is 0 Å². The Hall–Kier alpha value is 0.480. The maximum absolute atomic E-state index is 11.9. The van der Waals surface area contributed by atoms with E-state index in [0.29, 0.717) is 0 Å². The third-order valence-electron chi connectivity index (χ3n) is 4.54. The Morgan fingerprint density at radius 1 is 0.469 bits per heavy atom. The van der Waals surface area contributed by atoms with E-state index in [4.69, 9.17) is 0 Å². The molecular formula is C13H34N4O11P4. The van der Waals surface area contributed by atoms with Crippen LogP contribution in [-0.4, -0.2) is 138 Å². The van der Waals surface area contributed by atoms with Crippen molar-refractivity contribution in [1.82, 2.24) is 19.6 Å². The van der Waals surface area contributed by atoms with Crippen LogP contribution < -0.4 is 0 Å². The van der Waals surface area contributed by atoms with Gasteiger partial charge in [-0.25, -0.2) is 0 Å². The van der Waals surface area contributed by atoms with Gasteiger partial charge in [0.2, 0.25) is 7.37 Å². The topological polar surface area (TPSA) is 223 Å². The van der Waals surface area contributed by atoms with Crippen LogP contribution in [0, 0.1) is 0 Å². The highest BCUT2D eigenvalue weighted by Gasteiger charge is 2.27. The highest BCUT2D eigenvalue weighted by atomic mass is 31.2. The Morgan fingerprint density at radius 2 is 0.656 bits per heavy atom. The molecule has 0 aromatic rings. The monoisotopic (exact) mass is 546 g/mol. The van der Waals surface area contributed by atoms with Crippen molar-refractivity contribution >= 4 is 30.2 Å². The molecule has 1 rings (SSSR count). The van der Waals surface area contributed by atoms with Gasteiger partial charge in [0, 0.05) is 59.0 Å². The van der Waals surface area contributed by atoms with Crippen LogP contribution in [0.1, 0.15) is 0 Å². The molecule has 192 valence electrons. The van der Waals surface area contributed by atoms with E-state index in [2.05, 4.69) is 0 Å². The first-order valence-corrected chi connectivity index (χ1v) is 17.3. The van der Waals surface area contributed by atoms with Gasteiger partial charge in [-0.15, -0.1) is 0 Å². The number of rotatable bonds is 8. The Labute approximate surface area is 186 Å². The Balaban J connectivity index is 3.10. The van der Waals surface area contributed by atoms with Gasteiger partial charge in [-0.2, -0.15) is 0 Å². The normalized spacial score (nSPS) is 22.8. The number of hydrogen-bond acceptors (Lipinski definition) is 8. The second-order valence-electron chi connectivity index (χ2n) is 8.08. The average molecular weight is 546 g/mol. The maximum atomic E-state index is 11.9. The molecular weight excluding hydrogens is 512 g/mol. The van der Waals surface area contributed by atoms with Gasteiger partial charge in [0.15, 0.2) is 0 Å². The molecule has 1 unspecified atom stereocenters. The highest BCUT2D eigenvalue weighted by Crippen LogP contribution is 2.38. The zero-order chi connectivity index (χ0) is 24.8. The van der Waals surface area contributed by atoms with Crippen molar-refractivity contribution in [3.63, 3.8) is 0 Å². The molecule has 0 aromatic carbocycles. The molecule has 1 saturated heterocycles. The summed E-state index contributed by atoms with van der Waals surface area (Å²) in [6, 6.07) is 0. The van der Waals surface area contributed by atoms with Crippen molar-refractivity contribution in [2.24, 2.45) is 0 Å². The van der Waals surface area contributed by atoms with Crippen molar-refractivity contribution in [2.45, 2.75) is 0 Å². The standard InChI is InChI=1S/C13H34N4O11P4/c1-29(18,19)10-14-2-4-15(11-30(20,21)22)6-8-17(13-32(26,27)28)9-7-16(5-3-14)12-31(23,24)25/h2-13H2,1H3,(H,18,19)(H2,20,21,22)(H2,23,24,25)(H2,26,27,28). The Bertz CT molecular complexity index is 634. The third kappa shape index (κ3) is 16.2. The molecule has 1 aliphatic rings. The molecule has 0 bridgehead atoms. The summed E-state index contributed by atoms with van der Waals surface area (Å²) < 4.78 is 46.4. The van der Waals surface area contributed by atoms with E-state index < -0.39 is 49.0 Å². The molecule has 1 heterocycles. The van der Waals surface area contributed by atoms with E-state index >= 15 is 0 Å². The molecule has 0 saturated carbocycles. The first-order valence-electron chi connectivity index (χ1n) is 9.64. The van der Waals surface area contributed by atoms with Gasteiger partial charge in [-0.05, 0) is 0 Å². The average Bonchev–Trinajstić information content (AvgIpc) is 2.52. The first kappa shape index (κ1) is 30.5. The van der Waals surface area contributed by atoms with Crippen molar-refractivity contribution < 1.29 is 52.5 Å². The summed E-state index contributed by atoms with van der Waals surface area (Å²) in [6.45, 7) is 1.88. The summed E-state index contributed by atoms with van der Waals surface area (Å²) >= 11 is 0. The van der Waals surface area contributed by atoms with Crippen molar-refractivity contribution in [2.75, 3.05) is 84.2 Å². The number of nitrogens with zero attached hydrogens (tertiary/aromatic N) is 4. The molecule has 15 nitrogen and oxygen atoms in total. The smallest absolute Gasteiger partial charge is 0.339 e. The minimum atomic E-state index is -4.45. The largest absolute Gasteiger partial charge is 0.344 e. The summed E-state index contributed by atoms with van der Waals surface area (Å²) in [4.78, 5) is 71.7. The van der Waals surface area contributed by atoms with Crippen molar-refractivity contribution in [3.8, 4) is 0 Å². The van der Waals surface area contributed by atoms with Crippen LogP contribution in [0.15, 0.2) is 0 Å². The van der Waals surface area contributed by atoms with Gasteiger partial charge in [0.05, 0.1) is 6.29 Å². The lowest BCUT2D eigenvalue weighted by molar-refractivity contribution is 0.152. The lowest BCUT2D eigenvalue weighted by Crippen LogP contribution is -2.46. The molecule has 0 aromatic heterocycles. The first-order chi connectivity index (χ1) is 14.3. The summed E-state index contributed by atoms with van der Waals surface area (Å²) in [5, 5.41) is 0. The number of hydrogen-bond donors (Lipinski definition) is 7. The van der Waals surface area contributed by atoms with Crippen molar-refractivity contribution in [1.29, 1.82) is 0 Å². The van der Waals surface area contributed by atoms with E-state index in [0.717, 1.165) is 0 Å². The van der Waals surface area contributed by atoms with Gasteiger partial charge >= 0.3 is 22.8 Å². The van der Waals surface area contributed by atoms with Crippen LogP contribution in [0.25, 0.3) is 0 Å². The van der Waals surface area contributed by atoms with Crippen LogP contribution in [0.5, 0.6) is 0 Å². The zero-order valence-corrected chi connectivity index (χ0v) is 21.4. The third-order valence-corrected chi connectivity index (χ3v) is 7.78. The summed E-state index contributed by atoms with van der Waals surface area (Å²) in [6.07, 6.45) is -1.99. The van der Waals surface area contributed by atoms with Gasteiger partial charge in [0.25, 0.3) is 0 Å². The lowest BCUT2D eigenvalue weighted by atomic mass is 10.4. The summed E-state index contributed by atoms with van der Waals surface area (Å²) in [5.41, 5.74) is 0. The Morgan fingerprint density at radius 3 is 0.812 bits per heavy atom. The quantitative estimate of drug-likeness (QED) is 0.172. The fourth-order valence-electron chi connectivity index (χ4n) is 3.30. The zero-order valence-electron chi connectivity index (χ0n) is 17.8. The summed E-state index contributed by atoms with van der Waals surface area (Å²) in [7, 11) is -16.8. The minimum absolute atomic E-state index is 0.0428. The molecule has 1 atom stereocenters. The minimum Gasteiger partial charge on any atom is -0.344 e. The van der Waals surface area contributed by atoms with E-state index in [-0.39, 0.29) is 58.6 Å². The molecule has 0 radical (unpaired) electrons. The second-order valence-corrected chi connectivity index (χ2v) is 15.3. The molecule has 0 amide bonds. The second kappa shape index (κ2) is 12.4. The van der Waals surface area contributed by atoms with Crippen LogP contribution in [-0.2, 0) is 18.3 Å². The van der Waals surface area contributed by atoms with Crippen LogP contribution in [0.2, 0.25) is 0 Å². The van der Waals surface area contributed by atoms with E-state index in [9.17, 15) is 52.5 Å². The molecule has 32 heavy (non-hydrogen) atoms. The fraction of sp³-hybridized carbons (Fsp3) is 1.00. The van der Waals surface area contributed by atoms with E-state index in [1.165, 1.54) is 21.4 Å². The van der Waals surface area contributed by atoms with Crippen molar-refractivity contribution in [3.05, 3.63) is 0 Å². The predicted molar refractivity (Wildman–Crippen MR) is 118 cm³/mol. The molecule has 1 aliphatic heterocycles. The Kier molecular flexibility index (Phi) is 11.9. The maximum Gasteiger partial charge on any atom is 0.339 e. The SMILES string of the molecule is CP(=O)(O)CN1CCN(CP(=O)(O)O)CCN(CP(=O)(O)O)CCN(CP(=O)(O)O)CC1. The van der Waals surface area contributed by atoms with E-state index in [1.807, 2.05) is 0 Å². The molecule has 1 fully saturated rings. The molecule has 0 aliphatic carbocycles. The molecule has 0 spiro atoms. The van der Waals surface area contributed by atoms with Gasteiger partial charge in [-0.3, -0.25) is 37.9 Å². The molecule has 19 heteroatoms. The van der Waals surface area contributed by atoms with Gasteiger partial charge in [0.1, 0.15) is 18.9 Å². The fourth-order valence-corrected chi connectivity index (χ4v) is 6.73. The van der Waals surface area contributed by atoms with Gasteiger partial charge in [-0.1, -0.05) is 0 Å². The van der Waals surface area contributed by atoms with E-state index in [1.54, 1.807) is 4.90 Å². The molecule has 7 N–H and O–H groups in total. The highest BCUT2D eigenvalue weighted by molar-refractivity contribution is 7.57. The van der Waals surface area contributed by atoms with Gasteiger partial charge < -0.3 is 34.3 Å². The van der Waals surface area contributed by atoms with Crippen LogP contribution in [0.4, 0.5) is 0 Å². The lowest BCUT2D eigenvalue weighted by Gasteiger charge is -2.34.